The fourth-order valence-corrected chi connectivity index (χ4v) is 2.44. The van der Waals surface area contributed by atoms with Crippen molar-refractivity contribution >= 4 is 11.6 Å². The Balaban J connectivity index is 2.36. The largest absolute Gasteiger partial charge is 0.504 e. The van der Waals surface area contributed by atoms with Crippen LogP contribution in [0.2, 0.25) is 0 Å². The van der Waals surface area contributed by atoms with Crippen LogP contribution in [0.15, 0.2) is 30.3 Å². The average Bonchev–Trinajstić information content (AvgIpc) is 2.47. The van der Waals surface area contributed by atoms with Crippen molar-refractivity contribution in [1.82, 2.24) is 0 Å². The van der Waals surface area contributed by atoms with Crippen molar-refractivity contribution in [2.45, 2.75) is 6.54 Å². The van der Waals surface area contributed by atoms with E-state index in [-0.39, 0.29) is 40.1 Å². The first-order valence-corrected chi connectivity index (χ1v) is 6.02. The molecule has 5 heteroatoms. The Morgan fingerprint density at radius 3 is 2.10 bits per heavy atom. The Labute approximate surface area is 114 Å². The highest BCUT2D eigenvalue weighted by atomic mass is 16.3. The lowest BCUT2D eigenvalue weighted by molar-refractivity contribution is 0.0976. The number of benzene rings is 2. The van der Waals surface area contributed by atoms with E-state index in [1.807, 2.05) is 0 Å². The maximum Gasteiger partial charge on any atom is 0.198 e. The van der Waals surface area contributed by atoms with E-state index >= 15 is 0 Å². The average molecular weight is 269 g/mol. The van der Waals surface area contributed by atoms with Crippen molar-refractivity contribution in [2.75, 3.05) is 0 Å². The fourth-order valence-electron chi connectivity index (χ4n) is 2.44. The number of hydrogen-bond donors (Lipinski definition) is 3. The molecule has 0 saturated carbocycles. The van der Waals surface area contributed by atoms with Gasteiger partial charge < -0.3 is 15.9 Å². The van der Waals surface area contributed by atoms with Crippen LogP contribution in [0, 0.1) is 0 Å². The summed E-state index contributed by atoms with van der Waals surface area (Å²) in [6.45, 7) is -0.0458. The number of carbonyl (C=O) groups excluding carboxylic acids is 2. The van der Waals surface area contributed by atoms with Crippen LogP contribution in [0.5, 0.6) is 11.5 Å². The summed E-state index contributed by atoms with van der Waals surface area (Å²) in [5.74, 6) is -1.88. The molecule has 0 unspecified atom stereocenters. The maximum absolute atomic E-state index is 12.4. The summed E-state index contributed by atoms with van der Waals surface area (Å²) in [5.41, 5.74) is 6.11. The summed E-state index contributed by atoms with van der Waals surface area (Å²) in [5, 5.41) is 19.8. The van der Waals surface area contributed by atoms with Crippen molar-refractivity contribution in [1.29, 1.82) is 0 Å². The number of rotatable bonds is 1. The molecule has 0 heterocycles. The van der Waals surface area contributed by atoms with Crippen LogP contribution in [0.4, 0.5) is 0 Å². The lowest BCUT2D eigenvalue weighted by atomic mass is 9.82. The Bertz CT molecular complexity index is 765. The first kappa shape index (κ1) is 12.4. The molecule has 0 radical (unpaired) electrons. The molecule has 0 atom stereocenters. The molecule has 5 nitrogen and oxygen atoms in total. The van der Waals surface area contributed by atoms with Crippen molar-refractivity contribution < 1.29 is 19.8 Å². The first-order valence-electron chi connectivity index (χ1n) is 6.02. The molecular weight excluding hydrogens is 258 g/mol. The quantitative estimate of drug-likeness (QED) is 0.579. The summed E-state index contributed by atoms with van der Waals surface area (Å²) in [4.78, 5) is 24.8. The molecule has 0 spiro atoms. The topological polar surface area (TPSA) is 101 Å². The molecular formula is C15H11NO4. The van der Waals surface area contributed by atoms with Gasteiger partial charge in [0.1, 0.15) is 0 Å². The molecule has 4 N–H and O–H groups in total. The standard InChI is InChI=1S/C15H11NO4/c16-6-7-5-10-11(15(20)12(7)17)14(19)9-4-2-1-3-8(9)13(10)18/h1-5,17,20H,6,16H2. The zero-order valence-electron chi connectivity index (χ0n) is 10.4. The molecule has 2 aromatic carbocycles. The Morgan fingerprint density at radius 1 is 0.900 bits per heavy atom. The number of ketones is 2. The molecule has 0 fully saturated rings. The highest BCUT2D eigenvalue weighted by molar-refractivity contribution is 6.29. The van der Waals surface area contributed by atoms with Crippen LogP contribution >= 0.6 is 0 Å². The summed E-state index contributed by atoms with van der Waals surface area (Å²) in [7, 11) is 0. The van der Waals surface area contributed by atoms with Crippen molar-refractivity contribution in [3.05, 3.63) is 58.1 Å². The van der Waals surface area contributed by atoms with Gasteiger partial charge in [-0.2, -0.15) is 0 Å². The number of aromatic hydroxyl groups is 2. The number of phenolic OH excluding ortho intramolecular Hbond substituents is 2. The number of carbonyl (C=O) groups is 2. The molecule has 20 heavy (non-hydrogen) atoms. The third-order valence-electron chi connectivity index (χ3n) is 3.46. The van der Waals surface area contributed by atoms with Gasteiger partial charge in [0.2, 0.25) is 0 Å². The fraction of sp³-hybridized carbons (Fsp3) is 0.0667. The number of phenols is 2. The second kappa shape index (κ2) is 4.18. The minimum atomic E-state index is -0.587. The number of fused-ring (bicyclic) bond motifs is 2. The Morgan fingerprint density at radius 2 is 1.50 bits per heavy atom. The van der Waals surface area contributed by atoms with Crippen LogP contribution in [-0.4, -0.2) is 21.8 Å². The predicted octanol–water partition coefficient (Wildman–Crippen LogP) is 1.33. The predicted molar refractivity (Wildman–Crippen MR) is 71.0 cm³/mol. The highest BCUT2D eigenvalue weighted by Crippen LogP contribution is 2.40. The van der Waals surface area contributed by atoms with Crippen LogP contribution in [0.3, 0.4) is 0 Å². The van der Waals surface area contributed by atoms with E-state index in [0.717, 1.165) is 0 Å². The van der Waals surface area contributed by atoms with E-state index in [4.69, 9.17) is 5.73 Å². The molecule has 1 aliphatic carbocycles. The van der Waals surface area contributed by atoms with Gasteiger partial charge in [0.15, 0.2) is 23.1 Å². The van der Waals surface area contributed by atoms with Gasteiger partial charge in [-0.15, -0.1) is 0 Å². The number of nitrogens with two attached hydrogens (primary N) is 1. The van der Waals surface area contributed by atoms with E-state index in [1.54, 1.807) is 18.2 Å². The smallest absolute Gasteiger partial charge is 0.198 e. The SMILES string of the molecule is NCc1cc2c(c(O)c1O)C(=O)c1ccccc1C2=O. The molecule has 0 amide bonds. The lowest BCUT2D eigenvalue weighted by Gasteiger charge is -2.20. The molecule has 3 rings (SSSR count). The second-order valence-corrected chi connectivity index (χ2v) is 4.56. The van der Waals surface area contributed by atoms with E-state index in [2.05, 4.69) is 0 Å². The summed E-state index contributed by atoms with van der Waals surface area (Å²) >= 11 is 0. The van der Waals surface area contributed by atoms with Gasteiger partial charge in [-0.05, 0) is 6.07 Å². The van der Waals surface area contributed by atoms with E-state index in [0.29, 0.717) is 0 Å². The molecule has 0 aliphatic heterocycles. The maximum atomic E-state index is 12.4. The lowest BCUT2D eigenvalue weighted by Crippen LogP contribution is -2.21. The molecule has 0 aromatic heterocycles. The minimum absolute atomic E-state index is 0.0458. The molecule has 1 aliphatic rings. The zero-order valence-corrected chi connectivity index (χ0v) is 10.4. The summed E-state index contributed by atoms with van der Waals surface area (Å²) in [6.07, 6.45) is 0. The van der Waals surface area contributed by atoms with Crippen LogP contribution in [0.1, 0.15) is 37.4 Å². The van der Waals surface area contributed by atoms with E-state index < -0.39 is 17.3 Å². The van der Waals surface area contributed by atoms with Crippen LogP contribution in [-0.2, 0) is 6.54 Å². The van der Waals surface area contributed by atoms with Crippen LogP contribution in [0.25, 0.3) is 0 Å². The van der Waals surface area contributed by atoms with Crippen molar-refractivity contribution in [3.8, 4) is 11.5 Å². The van der Waals surface area contributed by atoms with Crippen LogP contribution < -0.4 is 5.73 Å². The summed E-state index contributed by atoms with van der Waals surface area (Å²) < 4.78 is 0. The normalized spacial score (nSPS) is 13.1. The third-order valence-corrected chi connectivity index (χ3v) is 3.46. The van der Waals surface area contributed by atoms with Gasteiger partial charge in [-0.3, -0.25) is 9.59 Å². The van der Waals surface area contributed by atoms with E-state index in [1.165, 1.54) is 12.1 Å². The molecule has 2 aromatic rings. The zero-order chi connectivity index (χ0) is 14.4. The monoisotopic (exact) mass is 269 g/mol. The first-order chi connectivity index (χ1) is 9.56. The van der Waals surface area contributed by atoms with Gasteiger partial charge in [0.05, 0.1) is 5.56 Å². The third kappa shape index (κ3) is 1.47. The van der Waals surface area contributed by atoms with Gasteiger partial charge in [0.25, 0.3) is 0 Å². The summed E-state index contributed by atoms with van der Waals surface area (Å²) in [6, 6.07) is 7.75. The minimum Gasteiger partial charge on any atom is -0.504 e. The Hall–Kier alpha value is -2.66. The van der Waals surface area contributed by atoms with Gasteiger partial charge in [-0.25, -0.2) is 0 Å². The Kier molecular flexibility index (Phi) is 2.59. The van der Waals surface area contributed by atoms with Crippen molar-refractivity contribution in [2.24, 2.45) is 5.73 Å². The molecule has 0 saturated heterocycles. The molecule has 0 bridgehead atoms. The van der Waals surface area contributed by atoms with E-state index in [9.17, 15) is 19.8 Å². The highest BCUT2D eigenvalue weighted by Gasteiger charge is 2.33. The molecule has 100 valence electrons. The van der Waals surface area contributed by atoms with Gasteiger partial charge in [-0.1, -0.05) is 24.3 Å². The second-order valence-electron chi connectivity index (χ2n) is 4.56. The van der Waals surface area contributed by atoms with Gasteiger partial charge in [0, 0.05) is 28.8 Å². The van der Waals surface area contributed by atoms with Crippen molar-refractivity contribution in [3.63, 3.8) is 0 Å². The van der Waals surface area contributed by atoms with Gasteiger partial charge >= 0.3 is 0 Å². The number of hydrogen-bond acceptors (Lipinski definition) is 5.